The molecule has 0 aliphatic carbocycles. The summed E-state index contributed by atoms with van der Waals surface area (Å²) in [5.41, 5.74) is -3.96. The Hall–Kier alpha value is -1.91. The Bertz CT molecular complexity index is 1150. The predicted molar refractivity (Wildman–Crippen MR) is 126 cm³/mol. The SMILES string of the molecule is CC(C)(C)OC(=O)N(N)c1cc(C2=NOC(c3cc(Cl)c(Cl)c(Cl)c3)(C(F)(F)F)C2)ccc1Cl. The molecule has 0 saturated carbocycles. The lowest BCUT2D eigenvalue weighted by molar-refractivity contribution is -0.275. The van der Waals surface area contributed by atoms with E-state index in [2.05, 4.69) is 5.16 Å². The molecule has 2 aromatic carbocycles. The van der Waals surface area contributed by atoms with E-state index in [-0.39, 0.29) is 42.6 Å². The summed E-state index contributed by atoms with van der Waals surface area (Å²) in [6, 6.07) is 6.15. The zero-order valence-corrected chi connectivity index (χ0v) is 21.0. The number of hydrogen-bond acceptors (Lipinski definition) is 5. The highest BCUT2D eigenvalue weighted by Crippen LogP contribution is 2.50. The number of amides is 1. The molecule has 1 atom stereocenters. The van der Waals surface area contributed by atoms with E-state index >= 15 is 0 Å². The highest BCUT2D eigenvalue weighted by atomic mass is 35.5. The molecule has 3 rings (SSSR count). The minimum absolute atomic E-state index is 0.00166. The molecule has 1 aliphatic rings. The number of nitrogens with two attached hydrogens (primary N) is 1. The third-order valence-corrected chi connectivity index (χ3v) is 6.28. The number of oxime groups is 1. The van der Waals surface area contributed by atoms with Crippen LogP contribution in [0.25, 0.3) is 0 Å². The van der Waals surface area contributed by atoms with E-state index < -0.39 is 29.9 Å². The van der Waals surface area contributed by atoms with Gasteiger partial charge in [-0.05, 0) is 45.0 Å². The third kappa shape index (κ3) is 5.18. The Labute approximate surface area is 213 Å². The molecule has 6 nitrogen and oxygen atoms in total. The summed E-state index contributed by atoms with van der Waals surface area (Å²) < 4.78 is 48.0. The number of alkyl halides is 3. The van der Waals surface area contributed by atoms with Crippen LogP contribution in [0, 0.1) is 0 Å². The highest BCUT2D eigenvalue weighted by Gasteiger charge is 2.62. The molecule has 0 fully saturated rings. The minimum Gasteiger partial charge on any atom is -0.442 e. The second-order valence-corrected chi connectivity index (χ2v) is 10.0. The van der Waals surface area contributed by atoms with Crippen LogP contribution in [0.15, 0.2) is 35.5 Å². The number of nitrogens with zero attached hydrogens (tertiary/aromatic N) is 2. The van der Waals surface area contributed by atoms with Crippen LogP contribution in [-0.4, -0.2) is 23.6 Å². The van der Waals surface area contributed by atoms with Crippen molar-refractivity contribution in [3.63, 3.8) is 0 Å². The van der Waals surface area contributed by atoms with Gasteiger partial charge in [-0.2, -0.15) is 13.2 Å². The van der Waals surface area contributed by atoms with E-state index in [1.165, 1.54) is 18.2 Å². The van der Waals surface area contributed by atoms with Crippen molar-refractivity contribution in [3.05, 3.63) is 61.5 Å². The van der Waals surface area contributed by atoms with Gasteiger partial charge in [0.25, 0.3) is 5.60 Å². The molecular formula is C21H18Cl4F3N3O3. The molecule has 1 amide bonds. The van der Waals surface area contributed by atoms with Crippen molar-refractivity contribution in [1.29, 1.82) is 0 Å². The zero-order valence-electron chi connectivity index (χ0n) is 17.9. The molecule has 1 heterocycles. The van der Waals surface area contributed by atoms with Gasteiger partial charge in [0.05, 0.1) is 31.5 Å². The van der Waals surface area contributed by atoms with Crippen LogP contribution in [0.2, 0.25) is 20.1 Å². The summed E-state index contributed by atoms with van der Waals surface area (Å²) in [5, 5.41) is 3.97. The molecule has 1 aliphatic heterocycles. The van der Waals surface area contributed by atoms with E-state index in [1.807, 2.05) is 0 Å². The molecule has 0 aromatic heterocycles. The van der Waals surface area contributed by atoms with Crippen molar-refractivity contribution in [2.24, 2.45) is 11.0 Å². The van der Waals surface area contributed by atoms with Gasteiger partial charge in [0.2, 0.25) is 0 Å². The molecular weight excluding hydrogens is 541 g/mol. The van der Waals surface area contributed by atoms with Crippen molar-refractivity contribution in [2.75, 3.05) is 5.01 Å². The summed E-state index contributed by atoms with van der Waals surface area (Å²) in [5.74, 6) is 5.86. The van der Waals surface area contributed by atoms with E-state index in [0.29, 0.717) is 5.01 Å². The number of anilines is 1. The summed E-state index contributed by atoms with van der Waals surface area (Å²) in [6.07, 6.45) is -6.53. The van der Waals surface area contributed by atoms with Crippen LogP contribution in [0.1, 0.15) is 38.3 Å². The van der Waals surface area contributed by atoms with E-state index in [1.54, 1.807) is 20.8 Å². The lowest BCUT2D eigenvalue weighted by Crippen LogP contribution is -2.43. The van der Waals surface area contributed by atoms with Gasteiger partial charge in [0.1, 0.15) is 5.60 Å². The number of hydrogen-bond donors (Lipinski definition) is 1. The number of carbonyl (C=O) groups is 1. The summed E-state index contributed by atoms with van der Waals surface area (Å²) in [4.78, 5) is 17.3. The Morgan fingerprint density at radius 3 is 2.21 bits per heavy atom. The molecule has 0 saturated heterocycles. The summed E-state index contributed by atoms with van der Waals surface area (Å²) in [6.45, 7) is 4.94. The minimum atomic E-state index is -4.90. The van der Waals surface area contributed by atoms with Gasteiger partial charge in [0.15, 0.2) is 0 Å². The van der Waals surface area contributed by atoms with Crippen molar-refractivity contribution in [2.45, 2.75) is 44.6 Å². The first kappa shape index (κ1) is 26.7. The number of ether oxygens (including phenoxy) is 1. The third-order valence-electron chi connectivity index (χ3n) is 4.77. The number of hydrazine groups is 1. The standard InChI is InChI=1S/C21H18Cl4F3N3O3/c1-19(2,3)33-18(32)31(29)16-6-10(4-5-12(16)22)15-9-20(34-30-15,21(26,27)28)11-7-13(23)17(25)14(24)8-11/h4-8H,9,29H2,1-3H3. The lowest BCUT2D eigenvalue weighted by atomic mass is 9.86. The number of benzene rings is 2. The fraction of sp³-hybridized carbons (Fsp3) is 0.333. The van der Waals surface area contributed by atoms with E-state index in [4.69, 9.17) is 61.8 Å². The Morgan fingerprint density at radius 2 is 1.68 bits per heavy atom. The molecule has 0 radical (unpaired) electrons. The van der Waals surface area contributed by atoms with Gasteiger partial charge in [0, 0.05) is 17.5 Å². The van der Waals surface area contributed by atoms with Gasteiger partial charge in [-0.1, -0.05) is 57.6 Å². The van der Waals surface area contributed by atoms with Crippen LogP contribution in [0.3, 0.4) is 0 Å². The maximum Gasteiger partial charge on any atom is 0.435 e. The fourth-order valence-corrected chi connectivity index (χ4v) is 3.94. The van der Waals surface area contributed by atoms with Crippen LogP contribution in [-0.2, 0) is 15.2 Å². The topological polar surface area (TPSA) is 77.2 Å². The number of carbonyl (C=O) groups excluding carboxylic acids is 1. The average molecular weight is 559 g/mol. The highest BCUT2D eigenvalue weighted by molar-refractivity contribution is 6.48. The molecule has 1 unspecified atom stereocenters. The first-order valence-electron chi connectivity index (χ1n) is 9.60. The van der Waals surface area contributed by atoms with Crippen molar-refractivity contribution >= 4 is 63.9 Å². The van der Waals surface area contributed by atoms with Gasteiger partial charge in [-0.15, -0.1) is 0 Å². The average Bonchev–Trinajstić information content (AvgIpc) is 3.17. The van der Waals surface area contributed by atoms with Crippen LogP contribution < -0.4 is 10.9 Å². The monoisotopic (exact) mass is 557 g/mol. The van der Waals surface area contributed by atoms with E-state index in [0.717, 1.165) is 12.1 Å². The molecule has 2 aromatic rings. The Balaban J connectivity index is 1.98. The Kier molecular flexibility index (Phi) is 7.28. The van der Waals surface area contributed by atoms with Crippen molar-refractivity contribution in [3.8, 4) is 0 Å². The predicted octanol–water partition coefficient (Wildman–Crippen LogP) is 7.50. The molecule has 0 bridgehead atoms. The molecule has 2 N–H and O–H groups in total. The lowest BCUT2D eigenvalue weighted by Gasteiger charge is -2.30. The maximum atomic E-state index is 14.3. The number of halogens is 7. The molecule has 34 heavy (non-hydrogen) atoms. The first-order chi connectivity index (χ1) is 15.6. The fourth-order valence-electron chi connectivity index (χ4n) is 3.13. The molecule has 0 spiro atoms. The van der Waals surface area contributed by atoms with Gasteiger partial charge in [-0.3, -0.25) is 0 Å². The zero-order chi connectivity index (χ0) is 25.6. The first-order valence-corrected chi connectivity index (χ1v) is 11.1. The van der Waals surface area contributed by atoms with E-state index in [9.17, 15) is 18.0 Å². The molecule has 184 valence electrons. The maximum absolute atomic E-state index is 14.3. The normalized spacial score (nSPS) is 18.4. The summed E-state index contributed by atoms with van der Waals surface area (Å²) >= 11 is 24.0. The number of rotatable bonds is 3. The smallest absolute Gasteiger partial charge is 0.435 e. The van der Waals surface area contributed by atoms with Crippen LogP contribution >= 0.6 is 46.4 Å². The Morgan fingerprint density at radius 1 is 1.09 bits per heavy atom. The second-order valence-electron chi connectivity index (χ2n) is 8.40. The quantitative estimate of drug-likeness (QED) is 0.183. The largest absolute Gasteiger partial charge is 0.442 e. The van der Waals surface area contributed by atoms with Crippen molar-refractivity contribution in [1.82, 2.24) is 0 Å². The van der Waals surface area contributed by atoms with Crippen LogP contribution in [0.4, 0.5) is 23.7 Å². The summed E-state index contributed by atoms with van der Waals surface area (Å²) in [7, 11) is 0. The van der Waals surface area contributed by atoms with Gasteiger partial charge < -0.3 is 9.57 Å². The van der Waals surface area contributed by atoms with Gasteiger partial charge in [-0.25, -0.2) is 15.6 Å². The van der Waals surface area contributed by atoms with Crippen LogP contribution in [0.5, 0.6) is 0 Å². The molecule has 13 heteroatoms. The van der Waals surface area contributed by atoms with Crippen molar-refractivity contribution < 1.29 is 27.5 Å². The van der Waals surface area contributed by atoms with Gasteiger partial charge >= 0.3 is 12.3 Å². The second kappa shape index (κ2) is 9.28.